The second-order valence-electron chi connectivity index (χ2n) is 2.98. The number of aromatic hydroxyl groups is 2. The number of hydrogen-bond donors (Lipinski definition) is 2. The van der Waals surface area contributed by atoms with Gasteiger partial charge in [-0.05, 0) is 15.9 Å². The van der Waals surface area contributed by atoms with Crippen LogP contribution in [0, 0.1) is 11.6 Å². The summed E-state index contributed by atoms with van der Waals surface area (Å²) in [5.74, 6) is -3.20. The molecule has 2 rings (SSSR count). The second kappa shape index (κ2) is 3.71. The lowest BCUT2D eigenvalue weighted by Crippen LogP contribution is -1.93. The predicted molar refractivity (Wildman–Crippen MR) is 57.7 cm³/mol. The van der Waals surface area contributed by atoms with E-state index in [1.165, 1.54) is 0 Å². The molecule has 0 amide bonds. The maximum absolute atomic E-state index is 13.6. The number of benzene rings is 1. The van der Waals surface area contributed by atoms with Crippen LogP contribution in [0.5, 0.6) is 11.6 Å². The monoisotopic (exact) mass is 309 g/mol. The first-order valence-corrected chi connectivity index (χ1v) is 5.15. The summed E-state index contributed by atoms with van der Waals surface area (Å²) in [7, 11) is 0. The Morgan fingerprint density at radius 1 is 1.25 bits per heavy atom. The number of fused-ring (bicyclic) bond motifs is 1. The molecule has 0 aliphatic rings. The van der Waals surface area contributed by atoms with E-state index in [0.717, 1.165) is 6.07 Å². The van der Waals surface area contributed by atoms with Gasteiger partial charge in [-0.25, -0.2) is 13.8 Å². The molecule has 3 nitrogen and oxygen atoms in total. The van der Waals surface area contributed by atoms with Crippen LogP contribution in [-0.4, -0.2) is 15.2 Å². The molecule has 7 heteroatoms. The molecule has 2 aromatic rings. The lowest BCUT2D eigenvalue weighted by molar-refractivity contribution is 0.438. The summed E-state index contributed by atoms with van der Waals surface area (Å²) >= 11 is 8.26. The van der Waals surface area contributed by atoms with Gasteiger partial charge in [-0.15, -0.1) is 0 Å². The lowest BCUT2D eigenvalue weighted by atomic mass is 10.2. The minimum atomic E-state index is -1.00. The van der Waals surface area contributed by atoms with E-state index >= 15 is 0 Å². The quantitative estimate of drug-likeness (QED) is 0.579. The summed E-state index contributed by atoms with van der Waals surface area (Å²) in [6.07, 6.45) is 0. The molecule has 0 bridgehead atoms. The lowest BCUT2D eigenvalue weighted by Gasteiger charge is -2.07. The van der Waals surface area contributed by atoms with Crippen molar-refractivity contribution in [1.82, 2.24) is 4.98 Å². The number of aromatic nitrogens is 1. The molecule has 0 atom stereocenters. The Morgan fingerprint density at radius 3 is 2.50 bits per heavy atom. The molecule has 0 aliphatic carbocycles. The highest BCUT2D eigenvalue weighted by Gasteiger charge is 2.21. The highest BCUT2D eigenvalue weighted by Crippen LogP contribution is 2.39. The standard InChI is InChI=1S/C9H3BrClF2NO2/c10-5-6(11)7(12)4-2(15)1-3(16)14-9(4)8(5)13/h1H,(H2,14,15,16). The van der Waals surface area contributed by atoms with Gasteiger partial charge in [0.15, 0.2) is 11.6 Å². The number of nitrogens with zero attached hydrogens (tertiary/aromatic N) is 1. The molecule has 1 aromatic carbocycles. The fourth-order valence-corrected chi connectivity index (χ4v) is 1.84. The molecule has 0 unspecified atom stereocenters. The van der Waals surface area contributed by atoms with Crippen molar-refractivity contribution in [2.24, 2.45) is 0 Å². The first-order valence-electron chi connectivity index (χ1n) is 3.98. The molecular weight excluding hydrogens is 307 g/mol. The summed E-state index contributed by atoms with van der Waals surface area (Å²) in [4.78, 5) is 3.39. The third-order valence-corrected chi connectivity index (χ3v) is 3.32. The summed E-state index contributed by atoms with van der Waals surface area (Å²) in [5.41, 5.74) is -0.494. The van der Waals surface area contributed by atoms with Crippen LogP contribution in [-0.2, 0) is 0 Å². The summed E-state index contributed by atoms with van der Waals surface area (Å²) in [6, 6.07) is 0.801. The van der Waals surface area contributed by atoms with Gasteiger partial charge in [-0.1, -0.05) is 11.6 Å². The van der Waals surface area contributed by atoms with Gasteiger partial charge in [-0.2, -0.15) is 0 Å². The molecule has 0 fully saturated rings. The third kappa shape index (κ3) is 1.49. The van der Waals surface area contributed by atoms with Crippen molar-refractivity contribution in [2.75, 3.05) is 0 Å². The zero-order valence-corrected chi connectivity index (χ0v) is 9.77. The maximum Gasteiger partial charge on any atom is 0.215 e. The average molecular weight is 310 g/mol. The van der Waals surface area contributed by atoms with Gasteiger partial charge >= 0.3 is 0 Å². The van der Waals surface area contributed by atoms with Crippen molar-refractivity contribution in [2.45, 2.75) is 0 Å². The fraction of sp³-hybridized carbons (Fsp3) is 0. The topological polar surface area (TPSA) is 53.4 Å². The summed E-state index contributed by atoms with van der Waals surface area (Å²) in [5, 5.41) is 17.5. The first-order chi connectivity index (χ1) is 7.43. The van der Waals surface area contributed by atoms with Crippen LogP contribution < -0.4 is 0 Å². The smallest absolute Gasteiger partial charge is 0.215 e. The zero-order valence-electron chi connectivity index (χ0n) is 7.43. The van der Waals surface area contributed by atoms with Crippen molar-refractivity contribution >= 4 is 38.4 Å². The van der Waals surface area contributed by atoms with Crippen molar-refractivity contribution in [1.29, 1.82) is 0 Å². The Bertz CT molecular complexity index is 606. The molecule has 0 radical (unpaired) electrons. The maximum atomic E-state index is 13.6. The van der Waals surface area contributed by atoms with E-state index in [0.29, 0.717) is 0 Å². The molecule has 0 saturated heterocycles. The van der Waals surface area contributed by atoms with E-state index in [1.807, 2.05) is 0 Å². The van der Waals surface area contributed by atoms with Crippen LogP contribution >= 0.6 is 27.5 Å². The second-order valence-corrected chi connectivity index (χ2v) is 4.15. The molecule has 2 N–H and O–H groups in total. The highest BCUT2D eigenvalue weighted by atomic mass is 79.9. The SMILES string of the molecule is Oc1cc(O)c2c(F)c(Cl)c(Br)c(F)c2n1. The largest absolute Gasteiger partial charge is 0.507 e. The van der Waals surface area contributed by atoms with Crippen molar-refractivity contribution < 1.29 is 19.0 Å². The molecular formula is C9H3BrClF2NO2. The molecule has 1 aromatic heterocycles. The van der Waals surface area contributed by atoms with E-state index < -0.39 is 39.2 Å². The highest BCUT2D eigenvalue weighted by molar-refractivity contribution is 9.10. The third-order valence-electron chi connectivity index (χ3n) is 1.99. The van der Waals surface area contributed by atoms with Crippen LogP contribution in [0.3, 0.4) is 0 Å². The average Bonchev–Trinajstić information content (AvgIpc) is 2.22. The molecule has 0 saturated carbocycles. The van der Waals surface area contributed by atoms with E-state index in [1.54, 1.807) is 0 Å². The van der Waals surface area contributed by atoms with E-state index in [2.05, 4.69) is 20.9 Å². The Kier molecular flexibility index (Phi) is 2.63. The van der Waals surface area contributed by atoms with E-state index in [4.69, 9.17) is 16.7 Å². The van der Waals surface area contributed by atoms with Crippen LogP contribution in [0.2, 0.25) is 5.02 Å². The Labute approximate surface area is 101 Å². The zero-order chi connectivity index (χ0) is 12.0. The van der Waals surface area contributed by atoms with Gasteiger partial charge in [0.25, 0.3) is 0 Å². The van der Waals surface area contributed by atoms with Gasteiger partial charge in [0.05, 0.1) is 14.9 Å². The van der Waals surface area contributed by atoms with Crippen molar-refractivity contribution in [3.8, 4) is 11.6 Å². The Balaban J connectivity index is 3.08. The van der Waals surface area contributed by atoms with Crippen LogP contribution in [0.15, 0.2) is 10.5 Å². The summed E-state index contributed by atoms with van der Waals surface area (Å²) < 4.78 is 26.9. The molecule has 84 valence electrons. The fourth-order valence-electron chi connectivity index (χ4n) is 1.30. The Morgan fingerprint density at radius 2 is 1.88 bits per heavy atom. The van der Waals surface area contributed by atoms with E-state index in [9.17, 15) is 13.9 Å². The summed E-state index contributed by atoms with van der Waals surface area (Å²) in [6.45, 7) is 0. The first kappa shape index (κ1) is 11.3. The van der Waals surface area contributed by atoms with Gasteiger partial charge in [0.2, 0.25) is 5.88 Å². The minimum absolute atomic E-state index is 0.309. The van der Waals surface area contributed by atoms with Crippen LogP contribution in [0.25, 0.3) is 10.9 Å². The Hall–Kier alpha value is -1.14. The predicted octanol–water partition coefficient (Wildman–Crippen LogP) is 3.34. The van der Waals surface area contributed by atoms with Crippen molar-refractivity contribution in [3.05, 3.63) is 27.2 Å². The number of pyridine rings is 1. The number of rotatable bonds is 0. The van der Waals surface area contributed by atoms with Gasteiger partial charge in [0, 0.05) is 6.07 Å². The minimum Gasteiger partial charge on any atom is -0.507 e. The molecule has 0 spiro atoms. The molecule has 16 heavy (non-hydrogen) atoms. The number of hydrogen-bond acceptors (Lipinski definition) is 3. The van der Waals surface area contributed by atoms with Gasteiger partial charge < -0.3 is 10.2 Å². The number of halogens is 4. The van der Waals surface area contributed by atoms with Crippen molar-refractivity contribution in [3.63, 3.8) is 0 Å². The van der Waals surface area contributed by atoms with Gasteiger partial charge in [0.1, 0.15) is 11.3 Å². The van der Waals surface area contributed by atoms with E-state index in [-0.39, 0.29) is 4.47 Å². The molecule has 0 aliphatic heterocycles. The van der Waals surface area contributed by atoms with Crippen LogP contribution in [0.1, 0.15) is 0 Å². The van der Waals surface area contributed by atoms with Gasteiger partial charge in [-0.3, -0.25) is 0 Å². The molecule has 1 heterocycles. The van der Waals surface area contributed by atoms with Crippen LogP contribution in [0.4, 0.5) is 8.78 Å². The normalized spacial score (nSPS) is 11.0.